The van der Waals surface area contributed by atoms with Crippen LogP contribution in [0, 0.1) is 40.1 Å². The first kappa shape index (κ1) is 42.4. The van der Waals surface area contributed by atoms with Crippen LogP contribution in [0.1, 0.15) is 57.9 Å². The number of nitrogens with zero attached hydrogens (tertiary/aromatic N) is 5. The third-order valence-electron chi connectivity index (χ3n) is 8.91. The topological polar surface area (TPSA) is 161 Å². The van der Waals surface area contributed by atoms with Crippen LogP contribution in [0.25, 0.3) is 6.08 Å². The van der Waals surface area contributed by atoms with Gasteiger partial charge in [0.15, 0.2) is 11.9 Å². The van der Waals surface area contributed by atoms with Crippen molar-refractivity contribution in [1.29, 1.82) is 10.5 Å². The number of hydrogen-bond donors (Lipinski definition) is 1. The van der Waals surface area contributed by atoms with Gasteiger partial charge in [-0.25, -0.2) is 27.6 Å². The van der Waals surface area contributed by atoms with Crippen LogP contribution < -0.4 is 5.32 Å². The van der Waals surface area contributed by atoms with Gasteiger partial charge in [-0.2, -0.15) is 15.6 Å². The maximum Gasteiger partial charge on any atom is 0.339 e. The maximum absolute atomic E-state index is 16.0. The van der Waals surface area contributed by atoms with Crippen LogP contribution in [0.5, 0.6) is 0 Å². The van der Waals surface area contributed by atoms with Crippen molar-refractivity contribution in [1.82, 2.24) is 20.1 Å². The lowest BCUT2D eigenvalue weighted by molar-refractivity contribution is -0.146. The molecule has 0 aliphatic carbocycles. The van der Waals surface area contributed by atoms with Crippen molar-refractivity contribution < 1.29 is 41.7 Å². The molecule has 0 spiro atoms. The average molecular weight is 801 g/mol. The van der Waals surface area contributed by atoms with Crippen molar-refractivity contribution in [3.8, 4) is 12.1 Å². The van der Waals surface area contributed by atoms with Gasteiger partial charge in [0.25, 0.3) is 0 Å². The number of aromatic nitrogens is 3. The van der Waals surface area contributed by atoms with Crippen LogP contribution in [-0.4, -0.2) is 70.3 Å². The number of nitriles is 2. The summed E-state index contributed by atoms with van der Waals surface area (Å²) in [5, 5.41) is 24.6. The highest BCUT2D eigenvalue weighted by atomic mass is 32.2. The van der Waals surface area contributed by atoms with Crippen molar-refractivity contribution >= 4 is 29.8 Å². The minimum Gasteiger partial charge on any atom is -0.461 e. The summed E-state index contributed by atoms with van der Waals surface area (Å²) in [5.74, 6) is -3.80. The molecule has 3 aromatic carbocycles. The van der Waals surface area contributed by atoms with Crippen LogP contribution in [0.3, 0.4) is 0 Å². The van der Waals surface area contributed by atoms with E-state index < -0.39 is 46.5 Å². The minimum absolute atomic E-state index is 0.0882. The second-order valence-electron chi connectivity index (χ2n) is 12.9. The standard InChI is InChI=1S/C41H39F3N6O6S/c1-27(57-33-22-54-39(55-23-33)8-4-3-6-30-11-9-29(20-46)17-36(30)43)41(24-50-26-48-25-49-50,35-14-13-32(42)18-37(35)44)56-40(52)34-16-28(19-45)10-12-31(34)21-53-38(51)7-5-15-47-2/h3-4,6,8-14,16-18,25-27,33,39,47H,5,7,15,21-24H2,1-2H3/b6-3+,8-4+/t27-,33?,39?,41-/m1/s1. The van der Waals surface area contributed by atoms with Crippen molar-refractivity contribution in [3.63, 3.8) is 0 Å². The number of ether oxygens (including phenoxy) is 4. The molecule has 2 atom stereocenters. The maximum atomic E-state index is 16.0. The summed E-state index contributed by atoms with van der Waals surface area (Å²) in [5.41, 5.74) is -1.22. The second kappa shape index (κ2) is 20.4. The summed E-state index contributed by atoms with van der Waals surface area (Å²) in [4.78, 5) is 30.8. The third kappa shape index (κ3) is 11.4. The average Bonchev–Trinajstić information content (AvgIpc) is 3.72. The molecule has 4 aromatic rings. The largest absolute Gasteiger partial charge is 0.461 e. The number of nitrogens with one attached hydrogen (secondary N) is 1. The Balaban J connectivity index is 1.39. The van der Waals surface area contributed by atoms with Gasteiger partial charge in [0.1, 0.15) is 36.7 Å². The molecule has 1 N–H and O–H groups in total. The van der Waals surface area contributed by atoms with Crippen molar-refractivity contribution in [2.75, 3.05) is 26.8 Å². The van der Waals surface area contributed by atoms with E-state index in [-0.39, 0.29) is 65.9 Å². The van der Waals surface area contributed by atoms with Gasteiger partial charge in [0.05, 0.1) is 53.8 Å². The van der Waals surface area contributed by atoms with E-state index in [9.17, 15) is 23.6 Å². The molecule has 5 rings (SSSR count). The molecule has 1 saturated heterocycles. The molecular weight excluding hydrogens is 762 g/mol. The number of rotatable bonds is 17. The number of hydrogen-bond acceptors (Lipinski definition) is 12. The highest BCUT2D eigenvalue weighted by Gasteiger charge is 2.47. The van der Waals surface area contributed by atoms with Crippen LogP contribution >= 0.6 is 11.8 Å². The first-order valence-corrected chi connectivity index (χ1v) is 18.8. The highest BCUT2D eigenvalue weighted by Crippen LogP contribution is 2.42. The number of allylic oxidation sites excluding steroid dienone is 2. The molecule has 57 heavy (non-hydrogen) atoms. The van der Waals surface area contributed by atoms with E-state index >= 15 is 4.39 Å². The molecule has 1 aromatic heterocycles. The van der Waals surface area contributed by atoms with E-state index in [1.54, 1.807) is 38.3 Å². The zero-order valence-electron chi connectivity index (χ0n) is 31.1. The number of halogens is 3. The molecule has 0 bridgehead atoms. The number of carbonyl (C=O) groups excluding carboxylic acids is 2. The predicted octanol–water partition coefficient (Wildman–Crippen LogP) is 6.37. The van der Waals surface area contributed by atoms with Crippen LogP contribution in [0.2, 0.25) is 0 Å². The molecule has 16 heteroatoms. The van der Waals surface area contributed by atoms with Gasteiger partial charge in [-0.3, -0.25) is 4.79 Å². The fraction of sp³-hybridized carbons (Fsp3) is 0.317. The van der Waals surface area contributed by atoms with Gasteiger partial charge in [-0.15, -0.1) is 11.8 Å². The van der Waals surface area contributed by atoms with E-state index in [1.165, 1.54) is 65.5 Å². The molecule has 296 valence electrons. The van der Waals surface area contributed by atoms with Crippen LogP contribution in [0.15, 0.2) is 85.5 Å². The zero-order chi connectivity index (χ0) is 40.8. The molecule has 1 aliphatic heterocycles. The van der Waals surface area contributed by atoms with Gasteiger partial charge >= 0.3 is 11.9 Å². The first-order valence-electron chi connectivity index (χ1n) is 17.8. The number of esters is 2. The van der Waals surface area contributed by atoms with Crippen molar-refractivity contribution in [3.05, 3.63) is 136 Å². The first-order chi connectivity index (χ1) is 27.5. The Bertz CT molecular complexity index is 2160. The Hall–Kier alpha value is -5.78. The minimum atomic E-state index is -1.88. The Morgan fingerprint density at radius 2 is 1.81 bits per heavy atom. The second-order valence-corrected chi connectivity index (χ2v) is 14.5. The summed E-state index contributed by atoms with van der Waals surface area (Å²) in [7, 11) is 1.76. The fourth-order valence-electron chi connectivity index (χ4n) is 5.95. The molecule has 12 nitrogen and oxygen atoms in total. The van der Waals surface area contributed by atoms with Gasteiger partial charge in [0, 0.05) is 34.4 Å². The molecule has 0 amide bonds. The molecule has 0 radical (unpaired) electrons. The van der Waals surface area contributed by atoms with Crippen LogP contribution in [-0.2, 0) is 42.5 Å². The molecule has 0 saturated carbocycles. The van der Waals surface area contributed by atoms with Crippen molar-refractivity contribution in [2.45, 2.75) is 55.3 Å². The van der Waals surface area contributed by atoms with E-state index in [1.807, 2.05) is 12.1 Å². The Kier molecular flexibility index (Phi) is 15.2. The summed E-state index contributed by atoms with van der Waals surface area (Å²) in [6, 6.07) is 15.3. The molecule has 0 unspecified atom stereocenters. The summed E-state index contributed by atoms with van der Waals surface area (Å²) in [6.07, 6.45) is 9.00. The van der Waals surface area contributed by atoms with Crippen molar-refractivity contribution in [2.24, 2.45) is 0 Å². The van der Waals surface area contributed by atoms with Gasteiger partial charge in [-0.05, 0) is 69.4 Å². The summed E-state index contributed by atoms with van der Waals surface area (Å²) >= 11 is 1.28. The number of benzene rings is 3. The van der Waals surface area contributed by atoms with Gasteiger partial charge < -0.3 is 24.3 Å². The number of thioether (sulfide) groups is 1. The Morgan fingerprint density at radius 3 is 2.49 bits per heavy atom. The molecule has 2 heterocycles. The lowest BCUT2D eigenvalue weighted by atomic mass is 9.89. The van der Waals surface area contributed by atoms with E-state index in [0.29, 0.717) is 24.6 Å². The zero-order valence-corrected chi connectivity index (χ0v) is 31.9. The third-order valence-corrected chi connectivity index (χ3v) is 10.4. The quantitative estimate of drug-likeness (QED) is 0.0716. The van der Waals surface area contributed by atoms with E-state index in [2.05, 4.69) is 15.4 Å². The molecule has 1 fully saturated rings. The molecular formula is C41H39F3N6O6S. The fourth-order valence-corrected chi connectivity index (χ4v) is 7.31. The SMILES string of the molecule is CNCCCC(=O)OCc1ccc(C#N)cc1C(=O)O[C@@](Cn1cncn1)(c1ccc(F)cc1F)[C@@H](C)SC1COC(/C=C/C=C/c2ccc(C#N)cc2F)OC1. The predicted molar refractivity (Wildman–Crippen MR) is 203 cm³/mol. The van der Waals surface area contributed by atoms with E-state index in [4.69, 9.17) is 24.2 Å². The van der Waals surface area contributed by atoms with Crippen LogP contribution in [0.4, 0.5) is 13.2 Å². The van der Waals surface area contributed by atoms with E-state index in [0.717, 1.165) is 12.1 Å². The lowest BCUT2D eigenvalue weighted by Gasteiger charge is -2.40. The Labute approximate surface area is 331 Å². The van der Waals surface area contributed by atoms with Gasteiger partial charge in [-0.1, -0.05) is 30.4 Å². The number of carbonyl (C=O) groups is 2. The smallest absolute Gasteiger partial charge is 0.339 e. The lowest BCUT2D eigenvalue weighted by Crippen LogP contribution is -2.47. The normalized spacial score (nSPS) is 17.1. The highest BCUT2D eigenvalue weighted by molar-refractivity contribution is 8.00. The monoisotopic (exact) mass is 800 g/mol. The van der Waals surface area contributed by atoms with Gasteiger partial charge in [0.2, 0.25) is 0 Å². The Morgan fingerprint density at radius 1 is 1.05 bits per heavy atom. The summed E-state index contributed by atoms with van der Waals surface area (Å²) in [6.45, 7) is 2.11. The summed E-state index contributed by atoms with van der Waals surface area (Å²) < 4.78 is 69.6. The molecule has 1 aliphatic rings.